The Bertz CT molecular complexity index is 529. The van der Waals surface area contributed by atoms with E-state index in [4.69, 9.17) is 0 Å². The van der Waals surface area contributed by atoms with Crippen LogP contribution in [0.5, 0.6) is 0 Å². The summed E-state index contributed by atoms with van der Waals surface area (Å²) in [6.45, 7) is 4.45. The van der Waals surface area contributed by atoms with E-state index in [1.54, 1.807) is 0 Å². The van der Waals surface area contributed by atoms with Gasteiger partial charge in [-0.15, -0.1) is 0 Å². The van der Waals surface area contributed by atoms with Crippen molar-refractivity contribution in [2.24, 2.45) is 0 Å². The number of unbranched alkanes of at least 4 members (excludes halogenated alkanes) is 1. The molecule has 0 heterocycles. The summed E-state index contributed by atoms with van der Waals surface area (Å²) in [5.41, 5.74) is 5.89. The number of hydrogen-bond donors (Lipinski definition) is 0. The Labute approximate surface area is 130 Å². The van der Waals surface area contributed by atoms with Crippen LogP contribution in [-0.2, 0) is 6.42 Å². The third kappa shape index (κ3) is 5.04. The maximum absolute atomic E-state index is 2.40. The minimum atomic E-state index is 1.10. The molecule has 1 aliphatic rings. The quantitative estimate of drug-likeness (QED) is 0.506. The second kappa shape index (κ2) is 8.67. The zero-order valence-electron chi connectivity index (χ0n) is 13.6. The minimum Gasteiger partial charge on any atom is -0.0842 e. The molecule has 2 rings (SSSR count). The van der Waals surface area contributed by atoms with Crippen molar-refractivity contribution in [3.05, 3.63) is 64.8 Å². The molecule has 0 atom stereocenters. The van der Waals surface area contributed by atoms with Crippen LogP contribution in [0.2, 0.25) is 0 Å². The highest BCUT2D eigenvalue weighted by Gasteiger charge is 2.03. The highest BCUT2D eigenvalue weighted by atomic mass is 14.1. The number of hydrogen-bond acceptors (Lipinski definition) is 0. The lowest BCUT2D eigenvalue weighted by Gasteiger charge is -2.10. The van der Waals surface area contributed by atoms with E-state index < -0.39 is 0 Å². The second-order valence-corrected chi connectivity index (χ2v) is 5.91. The van der Waals surface area contributed by atoms with Gasteiger partial charge in [-0.25, -0.2) is 0 Å². The SMILES string of the molecule is CC/C=C\c1cccc(CCCCC2=CCCC=C2)c1C. The number of allylic oxidation sites excluding steroid dienone is 5. The molecule has 0 spiro atoms. The van der Waals surface area contributed by atoms with Crippen LogP contribution < -0.4 is 0 Å². The van der Waals surface area contributed by atoms with Gasteiger partial charge >= 0.3 is 0 Å². The molecule has 0 saturated heterocycles. The maximum atomic E-state index is 2.40. The Balaban J connectivity index is 1.84. The van der Waals surface area contributed by atoms with E-state index in [2.05, 4.69) is 62.4 Å². The van der Waals surface area contributed by atoms with Gasteiger partial charge in [-0.1, -0.05) is 61.1 Å². The molecule has 0 aromatic heterocycles. The van der Waals surface area contributed by atoms with Crippen molar-refractivity contribution < 1.29 is 0 Å². The summed E-state index contributed by atoms with van der Waals surface area (Å²) in [6.07, 6.45) is 20.1. The van der Waals surface area contributed by atoms with Gasteiger partial charge in [0.2, 0.25) is 0 Å². The highest BCUT2D eigenvalue weighted by Crippen LogP contribution is 2.20. The summed E-state index contributed by atoms with van der Waals surface area (Å²) in [7, 11) is 0. The molecule has 21 heavy (non-hydrogen) atoms. The van der Waals surface area contributed by atoms with Crippen LogP contribution in [0.15, 0.2) is 48.1 Å². The number of benzene rings is 1. The minimum absolute atomic E-state index is 1.10. The predicted molar refractivity (Wildman–Crippen MR) is 94.5 cm³/mol. The third-order valence-electron chi connectivity index (χ3n) is 4.25. The first-order chi connectivity index (χ1) is 10.3. The van der Waals surface area contributed by atoms with E-state index in [9.17, 15) is 0 Å². The van der Waals surface area contributed by atoms with Gasteiger partial charge in [-0.2, -0.15) is 0 Å². The molecule has 0 nitrogen and oxygen atoms in total. The molecule has 1 aliphatic carbocycles. The summed E-state index contributed by atoms with van der Waals surface area (Å²) in [5.74, 6) is 0. The Kier molecular flexibility index (Phi) is 6.53. The van der Waals surface area contributed by atoms with Gasteiger partial charge in [0.25, 0.3) is 0 Å². The molecule has 0 aliphatic heterocycles. The monoisotopic (exact) mass is 280 g/mol. The van der Waals surface area contributed by atoms with Crippen LogP contribution >= 0.6 is 0 Å². The van der Waals surface area contributed by atoms with Gasteiger partial charge in [0, 0.05) is 0 Å². The normalized spacial score (nSPS) is 14.7. The molecule has 0 saturated carbocycles. The fourth-order valence-corrected chi connectivity index (χ4v) is 2.90. The Morgan fingerprint density at radius 3 is 2.71 bits per heavy atom. The first-order valence-corrected chi connectivity index (χ1v) is 8.42. The van der Waals surface area contributed by atoms with Gasteiger partial charge in [-0.05, 0) is 68.6 Å². The molecule has 1 aromatic rings. The van der Waals surface area contributed by atoms with Crippen LogP contribution in [0.4, 0.5) is 0 Å². The van der Waals surface area contributed by atoms with E-state index in [1.807, 2.05) is 0 Å². The van der Waals surface area contributed by atoms with Crippen LogP contribution in [0, 0.1) is 6.92 Å². The van der Waals surface area contributed by atoms with Crippen molar-refractivity contribution in [1.29, 1.82) is 0 Å². The third-order valence-corrected chi connectivity index (χ3v) is 4.25. The Hall–Kier alpha value is -1.56. The van der Waals surface area contributed by atoms with Crippen LogP contribution in [-0.4, -0.2) is 0 Å². The number of rotatable bonds is 7. The predicted octanol–water partition coefficient (Wildman–Crippen LogP) is 6.41. The smallest absolute Gasteiger partial charge is 0.0228 e. The molecule has 112 valence electrons. The first kappa shape index (κ1) is 15.8. The lowest BCUT2D eigenvalue weighted by Crippen LogP contribution is -1.93. The molecule has 0 heteroatoms. The summed E-state index contributed by atoms with van der Waals surface area (Å²) >= 11 is 0. The summed E-state index contributed by atoms with van der Waals surface area (Å²) in [5, 5.41) is 0. The Morgan fingerprint density at radius 2 is 1.95 bits per heavy atom. The van der Waals surface area contributed by atoms with Crippen molar-refractivity contribution in [3.8, 4) is 0 Å². The van der Waals surface area contributed by atoms with E-state index in [-0.39, 0.29) is 0 Å². The van der Waals surface area contributed by atoms with E-state index in [1.165, 1.54) is 60.8 Å². The Morgan fingerprint density at radius 1 is 1.10 bits per heavy atom. The number of aryl methyl sites for hydroxylation is 1. The van der Waals surface area contributed by atoms with Crippen LogP contribution in [0.3, 0.4) is 0 Å². The summed E-state index contributed by atoms with van der Waals surface area (Å²) in [6, 6.07) is 6.71. The standard InChI is InChI=1S/C21H28/c1-3-4-14-20-16-10-17-21(18(20)2)15-9-8-13-19-11-6-5-7-12-19/h4,6,10-12,14,16-17H,3,5,7-9,13,15H2,1-2H3/b14-4-. The van der Waals surface area contributed by atoms with E-state index in [0.29, 0.717) is 0 Å². The van der Waals surface area contributed by atoms with Crippen molar-refractivity contribution >= 4 is 6.08 Å². The average Bonchev–Trinajstić information content (AvgIpc) is 2.53. The largest absolute Gasteiger partial charge is 0.0842 e. The molecule has 0 amide bonds. The summed E-state index contributed by atoms with van der Waals surface area (Å²) in [4.78, 5) is 0. The van der Waals surface area contributed by atoms with Gasteiger partial charge in [0.05, 0.1) is 0 Å². The fourth-order valence-electron chi connectivity index (χ4n) is 2.90. The molecular weight excluding hydrogens is 252 g/mol. The van der Waals surface area contributed by atoms with Gasteiger partial charge in [0.1, 0.15) is 0 Å². The van der Waals surface area contributed by atoms with Crippen molar-refractivity contribution in [3.63, 3.8) is 0 Å². The fraction of sp³-hybridized carbons (Fsp3) is 0.429. The second-order valence-electron chi connectivity index (χ2n) is 5.91. The molecule has 0 fully saturated rings. The van der Waals surface area contributed by atoms with Crippen molar-refractivity contribution in [2.75, 3.05) is 0 Å². The molecule has 0 unspecified atom stereocenters. The topological polar surface area (TPSA) is 0 Å². The molecule has 1 aromatic carbocycles. The highest BCUT2D eigenvalue weighted by molar-refractivity contribution is 5.55. The lowest BCUT2D eigenvalue weighted by molar-refractivity contribution is 0.729. The van der Waals surface area contributed by atoms with E-state index >= 15 is 0 Å². The van der Waals surface area contributed by atoms with Crippen molar-refractivity contribution in [1.82, 2.24) is 0 Å². The summed E-state index contributed by atoms with van der Waals surface area (Å²) < 4.78 is 0. The maximum Gasteiger partial charge on any atom is -0.0228 e. The van der Waals surface area contributed by atoms with Crippen molar-refractivity contribution in [2.45, 2.75) is 58.8 Å². The molecule has 0 N–H and O–H groups in total. The molecular formula is C21H28. The lowest BCUT2D eigenvalue weighted by atomic mass is 9.96. The van der Waals surface area contributed by atoms with Gasteiger partial charge in [-0.3, -0.25) is 0 Å². The average molecular weight is 280 g/mol. The van der Waals surface area contributed by atoms with Crippen LogP contribution in [0.25, 0.3) is 6.08 Å². The van der Waals surface area contributed by atoms with Crippen LogP contribution in [0.1, 0.15) is 62.1 Å². The molecule has 0 bridgehead atoms. The zero-order valence-corrected chi connectivity index (χ0v) is 13.6. The molecule has 0 radical (unpaired) electrons. The zero-order chi connectivity index (χ0) is 14.9. The van der Waals surface area contributed by atoms with Gasteiger partial charge in [0.15, 0.2) is 0 Å². The first-order valence-electron chi connectivity index (χ1n) is 8.42. The van der Waals surface area contributed by atoms with Gasteiger partial charge < -0.3 is 0 Å². The van der Waals surface area contributed by atoms with E-state index in [0.717, 1.165) is 6.42 Å².